The molecule has 2 aromatic heterocycles. The lowest BCUT2D eigenvalue weighted by molar-refractivity contribution is -0.133. The van der Waals surface area contributed by atoms with Gasteiger partial charge in [-0.25, -0.2) is 4.98 Å². The number of methoxy groups -OCH3 is 1. The molecule has 3 heterocycles. The summed E-state index contributed by atoms with van der Waals surface area (Å²) in [5.41, 5.74) is 2.84. The highest BCUT2D eigenvalue weighted by Crippen LogP contribution is 2.31. The maximum atomic E-state index is 13.1. The van der Waals surface area contributed by atoms with Crippen LogP contribution in [0.3, 0.4) is 0 Å². The lowest BCUT2D eigenvalue weighted by atomic mass is 10.0. The van der Waals surface area contributed by atoms with Gasteiger partial charge in [-0.05, 0) is 23.8 Å². The van der Waals surface area contributed by atoms with E-state index in [0.717, 1.165) is 41.0 Å². The number of nitrogens with zero attached hydrogens (tertiary/aromatic N) is 2. The Bertz CT molecular complexity index is 927. The Morgan fingerprint density at radius 3 is 3.00 bits per heavy atom. The molecule has 0 aliphatic carbocycles. The first kappa shape index (κ1) is 19.2. The largest absolute Gasteiger partial charge is 0.496 e. The Kier molecular flexibility index (Phi) is 5.98. The molecule has 1 aliphatic heterocycles. The third-order valence-electron chi connectivity index (χ3n) is 4.94. The number of pyridine rings is 1. The van der Waals surface area contributed by atoms with Crippen molar-refractivity contribution < 1.29 is 9.53 Å². The van der Waals surface area contributed by atoms with E-state index in [1.54, 1.807) is 13.3 Å². The quantitative estimate of drug-likeness (QED) is 0.723. The van der Waals surface area contributed by atoms with Crippen molar-refractivity contribution in [3.8, 4) is 5.75 Å². The van der Waals surface area contributed by atoms with Crippen molar-refractivity contribution in [2.75, 3.05) is 26.7 Å². The van der Waals surface area contributed by atoms with E-state index < -0.39 is 0 Å². The van der Waals surface area contributed by atoms with E-state index >= 15 is 0 Å². The summed E-state index contributed by atoms with van der Waals surface area (Å²) in [4.78, 5) is 22.5. The summed E-state index contributed by atoms with van der Waals surface area (Å²) in [6.45, 7) is 2.20. The number of carbonyl (C=O) groups is 1. The smallest absolute Gasteiger partial charge is 0.227 e. The zero-order valence-corrected chi connectivity index (χ0v) is 16.0. The minimum absolute atomic E-state index is 0. The maximum Gasteiger partial charge on any atom is 0.227 e. The van der Waals surface area contributed by atoms with E-state index in [4.69, 9.17) is 4.74 Å². The Morgan fingerprint density at radius 2 is 2.15 bits per heavy atom. The molecule has 4 rings (SSSR count). The first-order valence-corrected chi connectivity index (χ1v) is 8.82. The van der Waals surface area contributed by atoms with E-state index in [2.05, 4.69) is 15.3 Å². The summed E-state index contributed by atoms with van der Waals surface area (Å²) in [5.74, 6) is 0.933. The first-order valence-electron chi connectivity index (χ1n) is 8.82. The number of halogens is 1. The zero-order valence-electron chi connectivity index (χ0n) is 15.1. The number of carbonyl (C=O) groups excluding carboxylic acids is 1. The van der Waals surface area contributed by atoms with Gasteiger partial charge in [0.2, 0.25) is 5.91 Å². The molecule has 3 aromatic rings. The van der Waals surface area contributed by atoms with E-state index in [0.29, 0.717) is 13.0 Å². The number of aromatic amines is 1. The predicted octanol–water partition coefficient (Wildman–Crippen LogP) is 2.71. The molecule has 1 atom stereocenters. The van der Waals surface area contributed by atoms with E-state index in [-0.39, 0.29) is 24.4 Å². The second-order valence-corrected chi connectivity index (χ2v) is 6.44. The molecular formula is C20H23ClN4O2. The standard InChI is InChI=1S/C20H22N4O2.ClH/c1-26-18-7-3-2-5-16(18)17-13-21-9-10-24(17)19(25)11-14-12-23-20-15(14)6-4-8-22-20;/h2-8,12,17,21H,9-11,13H2,1H3,(H,22,23);1H. The van der Waals surface area contributed by atoms with E-state index in [9.17, 15) is 4.79 Å². The minimum atomic E-state index is -0.0317. The van der Waals surface area contributed by atoms with Gasteiger partial charge in [-0.15, -0.1) is 12.4 Å². The van der Waals surface area contributed by atoms with Crippen LogP contribution in [0.25, 0.3) is 11.0 Å². The number of para-hydroxylation sites is 1. The van der Waals surface area contributed by atoms with Crippen LogP contribution < -0.4 is 10.1 Å². The summed E-state index contributed by atoms with van der Waals surface area (Å²) >= 11 is 0. The number of amides is 1. The van der Waals surface area contributed by atoms with Crippen LogP contribution >= 0.6 is 12.4 Å². The molecule has 142 valence electrons. The fourth-order valence-corrected chi connectivity index (χ4v) is 3.65. The van der Waals surface area contributed by atoms with E-state index in [1.165, 1.54) is 0 Å². The van der Waals surface area contributed by atoms with Crippen molar-refractivity contribution in [3.63, 3.8) is 0 Å². The van der Waals surface area contributed by atoms with E-state index in [1.807, 2.05) is 47.5 Å². The zero-order chi connectivity index (χ0) is 17.9. The van der Waals surface area contributed by atoms with Crippen LogP contribution in [0.5, 0.6) is 5.75 Å². The number of nitrogens with one attached hydrogen (secondary N) is 2. The van der Waals surface area contributed by atoms with Crippen molar-refractivity contribution in [3.05, 3.63) is 59.9 Å². The summed E-state index contributed by atoms with van der Waals surface area (Å²) in [5, 5.41) is 4.40. The number of H-pyrrole nitrogens is 1. The highest BCUT2D eigenvalue weighted by molar-refractivity contribution is 5.87. The van der Waals surface area contributed by atoms with Crippen LogP contribution in [-0.2, 0) is 11.2 Å². The fourth-order valence-electron chi connectivity index (χ4n) is 3.65. The highest BCUT2D eigenvalue weighted by Gasteiger charge is 2.30. The number of benzene rings is 1. The summed E-state index contributed by atoms with van der Waals surface area (Å²) < 4.78 is 5.51. The third kappa shape index (κ3) is 3.77. The van der Waals surface area contributed by atoms with Gasteiger partial charge in [0.1, 0.15) is 11.4 Å². The molecule has 0 spiro atoms. The molecule has 1 saturated heterocycles. The number of ether oxygens (including phenoxy) is 1. The molecule has 1 aliphatic rings. The van der Waals surface area contributed by atoms with Gasteiger partial charge in [0.15, 0.2) is 0 Å². The Balaban J connectivity index is 0.00000210. The number of hydrogen-bond acceptors (Lipinski definition) is 4. The van der Waals surface area contributed by atoms with Crippen LogP contribution in [0, 0.1) is 0 Å². The number of rotatable bonds is 4. The molecule has 1 unspecified atom stereocenters. The van der Waals surface area contributed by atoms with Gasteiger partial charge < -0.3 is 19.9 Å². The lowest BCUT2D eigenvalue weighted by Gasteiger charge is -2.37. The molecule has 1 aromatic carbocycles. The number of aromatic nitrogens is 2. The molecule has 0 saturated carbocycles. The molecule has 2 N–H and O–H groups in total. The second kappa shape index (κ2) is 8.41. The highest BCUT2D eigenvalue weighted by atomic mass is 35.5. The van der Waals surface area contributed by atoms with Gasteiger partial charge in [0.05, 0.1) is 19.6 Å². The lowest BCUT2D eigenvalue weighted by Crippen LogP contribution is -2.49. The number of piperazine rings is 1. The average molecular weight is 387 g/mol. The van der Waals surface area contributed by atoms with Crippen molar-refractivity contribution >= 4 is 29.3 Å². The van der Waals surface area contributed by atoms with Crippen molar-refractivity contribution in [2.45, 2.75) is 12.5 Å². The molecule has 0 bridgehead atoms. The van der Waals surface area contributed by atoms with Crippen LogP contribution in [0.4, 0.5) is 0 Å². The van der Waals surface area contributed by atoms with Gasteiger partial charge in [-0.2, -0.15) is 0 Å². The van der Waals surface area contributed by atoms with Crippen LogP contribution in [0.15, 0.2) is 48.8 Å². The van der Waals surface area contributed by atoms with Gasteiger partial charge in [-0.3, -0.25) is 4.79 Å². The predicted molar refractivity (Wildman–Crippen MR) is 107 cm³/mol. The van der Waals surface area contributed by atoms with Gasteiger partial charge in [0, 0.05) is 43.0 Å². The topological polar surface area (TPSA) is 70.2 Å². The second-order valence-electron chi connectivity index (χ2n) is 6.44. The molecule has 1 amide bonds. The fraction of sp³-hybridized carbons (Fsp3) is 0.300. The number of fused-ring (bicyclic) bond motifs is 1. The third-order valence-corrected chi connectivity index (χ3v) is 4.94. The van der Waals surface area contributed by atoms with Gasteiger partial charge in [-0.1, -0.05) is 18.2 Å². The summed E-state index contributed by atoms with van der Waals surface area (Å²) in [6, 6.07) is 11.8. The van der Waals surface area contributed by atoms with Crippen molar-refractivity contribution in [1.82, 2.24) is 20.2 Å². The summed E-state index contributed by atoms with van der Waals surface area (Å²) in [7, 11) is 1.67. The molecule has 1 fully saturated rings. The van der Waals surface area contributed by atoms with Crippen LogP contribution in [0.2, 0.25) is 0 Å². The Hall–Kier alpha value is -2.57. The van der Waals surface area contributed by atoms with Gasteiger partial charge >= 0.3 is 0 Å². The van der Waals surface area contributed by atoms with Crippen LogP contribution in [0.1, 0.15) is 17.2 Å². The molecule has 6 nitrogen and oxygen atoms in total. The minimum Gasteiger partial charge on any atom is -0.496 e. The molecule has 0 radical (unpaired) electrons. The molecule has 27 heavy (non-hydrogen) atoms. The Labute approximate surface area is 164 Å². The monoisotopic (exact) mass is 386 g/mol. The number of hydrogen-bond donors (Lipinski definition) is 2. The molecular weight excluding hydrogens is 364 g/mol. The SMILES string of the molecule is COc1ccccc1C1CNCCN1C(=O)Cc1c[nH]c2ncccc12.Cl. The van der Waals surface area contributed by atoms with Gasteiger partial charge in [0.25, 0.3) is 0 Å². The first-order chi connectivity index (χ1) is 12.8. The Morgan fingerprint density at radius 1 is 1.30 bits per heavy atom. The van der Waals surface area contributed by atoms with Crippen LogP contribution in [-0.4, -0.2) is 47.5 Å². The average Bonchev–Trinajstić information content (AvgIpc) is 3.11. The summed E-state index contributed by atoms with van der Waals surface area (Å²) in [6.07, 6.45) is 3.99. The normalized spacial score (nSPS) is 16.8. The maximum absolute atomic E-state index is 13.1. The molecule has 7 heteroatoms. The van der Waals surface area contributed by atoms with Crippen molar-refractivity contribution in [1.29, 1.82) is 0 Å². The van der Waals surface area contributed by atoms with Crippen molar-refractivity contribution in [2.24, 2.45) is 0 Å².